The van der Waals surface area contributed by atoms with Gasteiger partial charge in [-0.15, -0.1) is 0 Å². The van der Waals surface area contributed by atoms with Gasteiger partial charge in [0.25, 0.3) is 0 Å². The van der Waals surface area contributed by atoms with Crippen LogP contribution in [0.15, 0.2) is 42.5 Å². The molecule has 0 saturated heterocycles. The molecule has 2 aromatic rings. The summed E-state index contributed by atoms with van der Waals surface area (Å²) in [5.41, 5.74) is 9.68. The zero-order valence-electron chi connectivity index (χ0n) is 11.6. The normalized spacial score (nSPS) is 10.3. The molecule has 0 aliphatic heterocycles. The molecule has 0 aliphatic rings. The zero-order chi connectivity index (χ0) is 14.7. The standard InChI is InChI=1S/C16H18N2OS/c1-3-18(12-5-4-6-13(19)10-12)15-9-11(2)7-8-14(15)16(17)20/h4-10,19H,3H2,1-2H3,(H2,17,20). The second-order valence-corrected chi connectivity index (χ2v) is 5.09. The molecule has 0 bridgehead atoms. The Labute approximate surface area is 124 Å². The van der Waals surface area contributed by atoms with E-state index in [4.69, 9.17) is 18.0 Å². The number of phenols is 1. The second-order valence-electron chi connectivity index (χ2n) is 4.65. The van der Waals surface area contributed by atoms with E-state index in [-0.39, 0.29) is 5.75 Å². The summed E-state index contributed by atoms with van der Waals surface area (Å²) >= 11 is 5.14. The highest BCUT2D eigenvalue weighted by Gasteiger charge is 2.14. The fourth-order valence-corrected chi connectivity index (χ4v) is 2.40. The first-order valence-electron chi connectivity index (χ1n) is 6.50. The van der Waals surface area contributed by atoms with Crippen LogP contribution in [-0.2, 0) is 0 Å². The van der Waals surface area contributed by atoms with Crippen molar-refractivity contribution < 1.29 is 5.11 Å². The molecule has 2 rings (SSSR count). The van der Waals surface area contributed by atoms with Gasteiger partial charge in [-0.2, -0.15) is 0 Å². The number of benzene rings is 2. The fraction of sp³-hybridized carbons (Fsp3) is 0.188. The van der Waals surface area contributed by atoms with Crippen LogP contribution in [0.25, 0.3) is 0 Å². The van der Waals surface area contributed by atoms with E-state index in [0.29, 0.717) is 4.99 Å². The maximum absolute atomic E-state index is 9.66. The summed E-state index contributed by atoms with van der Waals surface area (Å²) in [6.07, 6.45) is 0. The first-order valence-corrected chi connectivity index (χ1v) is 6.90. The van der Waals surface area contributed by atoms with Crippen LogP contribution in [0.2, 0.25) is 0 Å². The molecule has 0 fully saturated rings. The lowest BCUT2D eigenvalue weighted by molar-refractivity contribution is 0.475. The van der Waals surface area contributed by atoms with E-state index in [1.165, 1.54) is 0 Å². The quantitative estimate of drug-likeness (QED) is 0.845. The summed E-state index contributed by atoms with van der Waals surface area (Å²) in [6.45, 7) is 4.83. The monoisotopic (exact) mass is 286 g/mol. The van der Waals surface area contributed by atoms with Crippen LogP contribution < -0.4 is 10.6 Å². The lowest BCUT2D eigenvalue weighted by Crippen LogP contribution is -2.21. The molecule has 0 saturated carbocycles. The van der Waals surface area contributed by atoms with Crippen molar-refractivity contribution in [1.29, 1.82) is 0 Å². The average molecular weight is 286 g/mol. The Morgan fingerprint density at radius 1 is 1.25 bits per heavy atom. The molecule has 0 aromatic heterocycles. The van der Waals surface area contributed by atoms with Crippen molar-refractivity contribution in [2.45, 2.75) is 13.8 Å². The van der Waals surface area contributed by atoms with Crippen LogP contribution >= 0.6 is 12.2 Å². The van der Waals surface area contributed by atoms with Crippen molar-refractivity contribution in [3.05, 3.63) is 53.6 Å². The van der Waals surface area contributed by atoms with Crippen molar-refractivity contribution in [1.82, 2.24) is 0 Å². The van der Waals surface area contributed by atoms with Gasteiger partial charge in [0.05, 0.1) is 5.69 Å². The lowest BCUT2D eigenvalue weighted by Gasteiger charge is -2.26. The van der Waals surface area contributed by atoms with Gasteiger partial charge >= 0.3 is 0 Å². The Bertz CT molecular complexity index is 640. The van der Waals surface area contributed by atoms with Crippen LogP contribution in [0.1, 0.15) is 18.1 Å². The average Bonchev–Trinajstić information content (AvgIpc) is 2.39. The summed E-state index contributed by atoms with van der Waals surface area (Å²) in [6, 6.07) is 13.2. The summed E-state index contributed by atoms with van der Waals surface area (Å²) in [7, 11) is 0. The number of hydrogen-bond acceptors (Lipinski definition) is 3. The van der Waals surface area contributed by atoms with Gasteiger partial charge in [-0.05, 0) is 43.7 Å². The third-order valence-corrected chi connectivity index (χ3v) is 3.39. The van der Waals surface area contributed by atoms with Crippen LogP contribution in [0.5, 0.6) is 5.75 Å². The molecule has 3 N–H and O–H groups in total. The molecular weight excluding hydrogens is 268 g/mol. The Morgan fingerprint density at radius 2 is 2.00 bits per heavy atom. The van der Waals surface area contributed by atoms with Crippen LogP contribution in [0.3, 0.4) is 0 Å². The first kappa shape index (κ1) is 14.3. The van der Waals surface area contributed by atoms with E-state index in [2.05, 4.69) is 17.9 Å². The summed E-state index contributed by atoms with van der Waals surface area (Å²) in [4.78, 5) is 2.46. The van der Waals surface area contributed by atoms with Crippen LogP contribution in [0.4, 0.5) is 11.4 Å². The van der Waals surface area contributed by atoms with Gasteiger partial charge in [-0.1, -0.05) is 24.4 Å². The van der Waals surface area contributed by atoms with Gasteiger partial charge in [0.1, 0.15) is 10.7 Å². The van der Waals surface area contributed by atoms with Crippen molar-refractivity contribution in [2.75, 3.05) is 11.4 Å². The number of nitrogens with two attached hydrogens (primary N) is 1. The molecule has 0 heterocycles. The lowest BCUT2D eigenvalue weighted by atomic mass is 10.1. The SMILES string of the molecule is CCN(c1cccc(O)c1)c1cc(C)ccc1C(N)=S. The Balaban J connectivity index is 2.57. The molecule has 104 valence electrons. The third kappa shape index (κ3) is 2.91. The van der Waals surface area contributed by atoms with Crippen molar-refractivity contribution in [2.24, 2.45) is 5.73 Å². The van der Waals surface area contributed by atoms with Gasteiger partial charge in [0.15, 0.2) is 0 Å². The predicted molar refractivity (Wildman–Crippen MR) is 87.9 cm³/mol. The topological polar surface area (TPSA) is 49.5 Å². The minimum atomic E-state index is 0.241. The number of thiocarbonyl (C=S) groups is 1. The third-order valence-electron chi connectivity index (χ3n) is 3.17. The maximum Gasteiger partial charge on any atom is 0.117 e. The Kier molecular flexibility index (Phi) is 4.25. The largest absolute Gasteiger partial charge is 0.508 e. The maximum atomic E-state index is 9.66. The molecule has 0 atom stereocenters. The molecule has 0 aliphatic carbocycles. The van der Waals surface area contributed by atoms with Crippen molar-refractivity contribution in [3.8, 4) is 5.75 Å². The van der Waals surface area contributed by atoms with Crippen molar-refractivity contribution in [3.63, 3.8) is 0 Å². The minimum Gasteiger partial charge on any atom is -0.508 e. The minimum absolute atomic E-state index is 0.241. The molecule has 3 nitrogen and oxygen atoms in total. The number of nitrogens with zero attached hydrogens (tertiary/aromatic N) is 1. The van der Waals surface area contributed by atoms with Crippen LogP contribution in [0, 0.1) is 6.92 Å². The smallest absolute Gasteiger partial charge is 0.117 e. The number of aryl methyl sites for hydroxylation is 1. The number of phenolic OH excluding ortho intramolecular Hbond substituents is 1. The molecule has 0 radical (unpaired) electrons. The number of hydrogen-bond donors (Lipinski definition) is 2. The van der Waals surface area contributed by atoms with Crippen molar-refractivity contribution >= 4 is 28.6 Å². The number of aromatic hydroxyl groups is 1. The highest BCUT2D eigenvalue weighted by molar-refractivity contribution is 7.80. The molecule has 0 amide bonds. The van der Waals surface area contributed by atoms with E-state index in [1.807, 2.05) is 31.2 Å². The van der Waals surface area contributed by atoms with E-state index in [1.54, 1.807) is 12.1 Å². The van der Waals surface area contributed by atoms with E-state index >= 15 is 0 Å². The van der Waals surface area contributed by atoms with Gasteiger partial charge in [-0.3, -0.25) is 0 Å². The first-order chi connectivity index (χ1) is 9.52. The van der Waals surface area contributed by atoms with E-state index in [9.17, 15) is 5.11 Å². The van der Waals surface area contributed by atoms with Crippen LogP contribution in [-0.4, -0.2) is 16.6 Å². The van der Waals surface area contributed by atoms with E-state index < -0.39 is 0 Å². The molecule has 4 heteroatoms. The second kappa shape index (κ2) is 5.92. The zero-order valence-corrected chi connectivity index (χ0v) is 12.4. The number of anilines is 2. The van der Waals surface area contributed by atoms with E-state index in [0.717, 1.165) is 29.0 Å². The summed E-state index contributed by atoms with van der Waals surface area (Å²) < 4.78 is 0. The molecule has 0 spiro atoms. The molecule has 2 aromatic carbocycles. The van der Waals surface area contributed by atoms with Gasteiger partial charge in [-0.25, -0.2) is 0 Å². The van der Waals surface area contributed by atoms with Gasteiger partial charge in [0, 0.05) is 23.9 Å². The Morgan fingerprint density at radius 3 is 2.60 bits per heavy atom. The Hall–Kier alpha value is -2.07. The predicted octanol–water partition coefficient (Wildman–Crippen LogP) is 3.49. The van der Waals surface area contributed by atoms with Gasteiger partial charge < -0.3 is 15.7 Å². The highest BCUT2D eigenvalue weighted by atomic mass is 32.1. The molecule has 20 heavy (non-hydrogen) atoms. The summed E-state index contributed by atoms with van der Waals surface area (Å²) in [5, 5.41) is 9.66. The molecular formula is C16H18N2OS. The van der Waals surface area contributed by atoms with Gasteiger partial charge in [0.2, 0.25) is 0 Å². The number of rotatable bonds is 4. The molecule has 0 unspecified atom stereocenters. The summed E-state index contributed by atoms with van der Waals surface area (Å²) in [5.74, 6) is 0.241. The fourth-order valence-electron chi connectivity index (χ4n) is 2.23. The highest BCUT2D eigenvalue weighted by Crippen LogP contribution is 2.31.